The van der Waals surface area contributed by atoms with Gasteiger partial charge in [-0.15, -0.1) is 0 Å². The van der Waals surface area contributed by atoms with Crippen LogP contribution in [0, 0.1) is 5.92 Å². The van der Waals surface area contributed by atoms with Crippen LogP contribution < -0.4 is 5.32 Å². The molecule has 3 rings (SSSR count). The lowest BCUT2D eigenvalue weighted by Gasteiger charge is -2.21. The molecular weight excluding hydrogens is 378 g/mol. The number of nitrogens with one attached hydrogen (secondary N) is 1. The van der Waals surface area contributed by atoms with Crippen LogP contribution in [0.25, 0.3) is 11.3 Å². The molecule has 0 saturated heterocycles. The first-order valence-corrected chi connectivity index (χ1v) is 10.9. The van der Waals surface area contributed by atoms with Crippen LogP contribution in [0.2, 0.25) is 0 Å². The first-order valence-electron chi connectivity index (χ1n) is 10.9. The summed E-state index contributed by atoms with van der Waals surface area (Å²) >= 11 is 0. The Morgan fingerprint density at radius 3 is 2.50 bits per heavy atom. The van der Waals surface area contributed by atoms with Crippen molar-refractivity contribution in [1.29, 1.82) is 0 Å². The summed E-state index contributed by atoms with van der Waals surface area (Å²) in [4.78, 5) is 25.0. The van der Waals surface area contributed by atoms with E-state index in [2.05, 4.69) is 10.4 Å². The van der Waals surface area contributed by atoms with Crippen molar-refractivity contribution in [3.8, 4) is 11.3 Å². The van der Waals surface area contributed by atoms with Crippen LogP contribution >= 0.6 is 0 Å². The van der Waals surface area contributed by atoms with E-state index in [-0.39, 0.29) is 5.78 Å². The van der Waals surface area contributed by atoms with E-state index >= 15 is 0 Å². The lowest BCUT2D eigenvalue weighted by Crippen LogP contribution is -2.34. The van der Waals surface area contributed by atoms with E-state index in [1.807, 2.05) is 57.2 Å². The van der Waals surface area contributed by atoms with Gasteiger partial charge in [-0.2, -0.15) is 5.10 Å². The van der Waals surface area contributed by atoms with Gasteiger partial charge in [-0.3, -0.25) is 9.48 Å². The van der Waals surface area contributed by atoms with Gasteiger partial charge in [-0.1, -0.05) is 62.4 Å². The van der Waals surface area contributed by atoms with Gasteiger partial charge in [0.1, 0.15) is 11.3 Å². The zero-order chi connectivity index (χ0) is 21.6. The van der Waals surface area contributed by atoms with E-state index in [1.54, 1.807) is 4.68 Å². The molecule has 0 aliphatic heterocycles. The highest BCUT2D eigenvalue weighted by atomic mass is 16.6. The van der Waals surface area contributed by atoms with E-state index in [4.69, 9.17) is 4.74 Å². The Labute approximate surface area is 179 Å². The number of hydrogen-bond donors (Lipinski definition) is 1. The molecule has 6 heteroatoms. The molecule has 1 aliphatic rings. The number of alkyl carbamates (subject to hydrolysis) is 1. The Bertz CT molecular complexity index is 846. The third kappa shape index (κ3) is 6.44. The summed E-state index contributed by atoms with van der Waals surface area (Å²) < 4.78 is 7.01. The molecule has 162 valence electrons. The smallest absolute Gasteiger partial charge is 0.407 e. The standard InChI is InChI=1S/C24H33N3O3/c1-24(2,3)30-23(29)25-14-15-27-21(22(28)16-18-10-6-4-7-11-18)17-20(26-27)19-12-8-5-9-13-19/h5,8-9,12-13,17-18H,4,6-7,10-11,14-16H2,1-3H3,(H,25,29). The van der Waals surface area contributed by atoms with E-state index in [0.29, 0.717) is 31.1 Å². The van der Waals surface area contributed by atoms with Crippen LogP contribution in [0.4, 0.5) is 4.79 Å². The van der Waals surface area contributed by atoms with Crippen molar-refractivity contribution in [1.82, 2.24) is 15.1 Å². The van der Waals surface area contributed by atoms with Gasteiger partial charge in [-0.05, 0) is 32.8 Å². The second-order valence-corrected chi connectivity index (χ2v) is 9.06. The van der Waals surface area contributed by atoms with Gasteiger partial charge in [-0.25, -0.2) is 4.79 Å². The number of nitrogens with zero attached hydrogens (tertiary/aromatic N) is 2. The molecule has 1 fully saturated rings. The fourth-order valence-corrected chi connectivity index (χ4v) is 3.90. The average Bonchev–Trinajstić information content (AvgIpc) is 3.12. The van der Waals surface area contributed by atoms with Crippen LogP contribution in [0.5, 0.6) is 0 Å². The monoisotopic (exact) mass is 411 g/mol. The van der Waals surface area contributed by atoms with Gasteiger partial charge in [0.2, 0.25) is 0 Å². The second kappa shape index (κ2) is 9.92. The molecule has 0 bridgehead atoms. The van der Waals surface area contributed by atoms with E-state index < -0.39 is 11.7 Å². The summed E-state index contributed by atoms with van der Waals surface area (Å²) in [7, 11) is 0. The highest BCUT2D eigenvalue weighted by Gasteiger charge is 2.22. The zero-order valence-electron chi connectivity index (χ0n) is 18.3. The van der Waals surface area contributed by atoms with Crippen molar-refractivity contribution in [2.24, 2.45) is 5.92 Å². The van der Waals surface area contributed by atoms with Crippen LogP contribution in [-0.4, -0.2) is 33.8 Å². The molecule has 6 nitrogen and oxygen atoms in total. The number of hydrogen-bond acceptors (Lipinski definition) is 4. The molecule has 0 spiro atoms. The average molecular weight is 412 g/mol. The maximum atomic E-state index is 13.1. The Balaban J connectivity index is 1.71. The number of aromatic nitrogens is 2. The molecule has 1 N–H and O–H groups in total. The number of rotatable bonds is 7. The predicted molar refractivity (Wildman–Crippen MR) is 117 cm³/mol. The minimum atomic E-state index is -0.544. The summed E-state index contributed by atoms with van der Waals surface area (Å²) in [5.74, 6) is 0.600. The summed E-state index contributed by atoms with van der Waals surface area (Å²) in [6.07, 6.45) is 6.07. The largest absolute Gasteiger partial charge is 0.444 e. The van der Waals surface area contributed by atoms with Crippen LogP contribution in [-0.2, 0) is 11.3 Å². The van der Waals surface area contributed by atoms with Gasteiger partial charge >= 0.3 is 6.09 Å². The van der Waals surface area contributed by atoms with Crippen LogP contribution in [0.15, 0.2) is 36.4 Å². The highest BCUT2D eigenvalue weighted by molar-refractivity contribution is 5.95. The number of benzene rings is 1. The summed E-state index contributed by atoms with van der Waals surface area (Å²) in [6, 6.07) is 11.7. The highest BCUT2D eigenvalue weighted by Crippen LogP contribution is 2.28. The van der Waals surface area contributed by atoms with E-state index in [0.717, 1.165) is 24.1 Å². The van der Waals surface area contributed by atoms with Crippen molar-refractivity contribution < 1.29 is 14.3 Å². The third-order valence-electron chi connectivity index (χ3n) is 5.33. The maximum absolute atomic E-state index is 13.1. The Hall–Kier alpha value is -2.63. The predicted octanol–water partition coefficient (Wildman–Crippen LogP) is 5.23. The van der Waals surface area contributed by atoms with Gasteiger partial charge in [0.05, 0.1) is 12.2 Å². The molecular formula is C24H33N3O3. The molecule has 1 aromatic carbocycles. The SMILES string of the molecule is CC(C)(C)OC(=O)NCCn1nc(-c2ccccc2)cc1C(=O)CC1CCCCC1. The van der Waals surface area contributed by atoms with E-state index in [1.165, 1.54) is 19.3 Å². The molecule has 0 radical (unpaired) electrons. The molecule has 1 aliphatic carbocycles. The van der Waals surface area contributed by atoms with Crippen molar-refractivity contribution >= 4 is 11.9 Å². The molecule has 2 aromatic rings. The molecule has 1 saturated carbocycles. The molecule has 0 unspecified atom stereocenters. The van der Waals surface area contributed by atoms with Crippen molar-refractivity contribution in [2.45, 2.75) is 71.4 Å². The molecule has 1 aromatic heterocycles. The number of ketones is 1. The summed E-state index contributed by atoms with van der Waals surface area (Å²) in [5, 5.41) is 7.42. The van der Waals surface area contributed by atoms with Gasteiger partial charge in [0, 0.05) is 18.5 Å². The summed E-state index contributed by atoms with van der Waals surface area (Å²) in [6.45, 7) is 6.24. The van der Waals surface area contributed by atoms with Crippen molar-refractivity contribution in [3.63, 3.8) is 0 Å². The first-order chi connectivity index (χ1) is 14.3. The fourth-order valence-electron chi connectivity index (χ4n) is 3.90. The lowest BCUT2D eigenvalue weighted by molar-refractivity contribution is 0.0525. The quantitative estimate of drug-likeness (QED) is 0.633. The Morgan fingerprint density at radius 1 is 1.13 bits per heavy atom. The number of carbonyl (C=O) groups excluding carboxylic acids is 2. The molecule has 1 amide bonds. The van der Waals surface area contributed by atoms with E-state index in [9.17, 15) is 9.59 Å². The Kier molecular flexibility index (Phi) is 7.29. The fraction of sp³-hybridized carbons (Fsp3) is 0.542. The van der Waals surface area contributed by atoms with Gasteiger partial charge < -0.3 is 10.1 Å². The molecule has 1 heterocycles. The summed E-state index contributed by atoms with van der Waals surface area (Å²) in [5.41, 5.74) is 1.82. The van der Waals surface area contributed by atoms with Crippen molar-refractivity contribution in [3.05, 3.63) is 42.1 Å². The van der Waals surface area contributed by atoms with Gasteiger partial charge in [0.25, 0.3) is 0 Å². The maximum Gasteiger partial charge on any atom is 0.407 e. The number of ether oxygens (including phenoxy) is 1. The van der Waals surface area contributed by atoms with Crippen LogP contribution in [0.3, 0.4) is 0 Å². The van der Waals surface area contributed by atoms with Gasteiger partial charge in [0.15, 0.2) is 5.78 Å². The number of amides is 1. The van der Waals surface area contributed by atoms with Crippen LogP contribution in [0.1, 0.15) is 69.8 Å². The zero-order valence-corrected chi connectivity index (χ0v) is 18.3. The normalized spacial score (nSPS) is 15.0. The second-order valence-electron chi connectivity index (χ2n) is 9.06. The number of Topliss-reactive ketones (excluding diaryl/α,β-unsaturated/α-hetero) is 1. The minimum absolute atomic E-state index is 0.133. The molecule has 0 atom stereocenters. The van der Waals surface area contributed by atoms with Crippen molar-refractivity contribution in [2.75, 3.05) is 6.54 Å². The molecule has 30 heavy (non-hydrogen) atoms. The Morgan fingerprint density at radius 2 is 1.83 bits per heavy atom. The number of carbonyl (C=O) groups is 2. The lowest BCUT2D eigenvalue weighted by atomic mass is 9.85. The first kappa shape index (κ1) is 22.1. The minimum Gasteiger partial charge on any atom is -0.444 e. The third-order valence-corrected chi connectivity index (χ3v) is 5.33. The topological polar surface area (TPSA) is 73.2 Å².